The Morgan fingerprint density at radius 1 is 1.00 bits per heavy atom. The van der Waals surface area contributed by atoms with Gasteiger partial charge in [-0.2, -0.15) is 13.2 Å². The molecule has 2 aliphatic rings. The fourth-order valence-electron chi connectivity index (χ4n) is 4.58. The molecule has 2 fully saturated rings. The van der Waals surface area contributed by atoms with Crippen molar-refractivity contribution in [2.45, 2.75) is 43.9 Å². The summed E-state index contributed by atoms with van der Waals surface area (Å²) in [6, 6.07) is 5.79. The Hall–Kier alpha value is -2.06. The summed E-state index contributed by atoms with van der Waals surface area (Å²) in [4.78, 5) is 20.1. The molecule has 2 saturated heterocycles. The van der Waals surface area contributed by atoms with Gasteiger partial charge in [-0.25, -0.2) is 4.79 Å². The second-order valence-electron chi connectivity index (χ2n) is 8.26. The van der Waals surface area contributed by atoms with Crippen LogP contribution in [0, 0.1) is 0 Å². The first-order chi connectivity index (χ1) is 13.8. The number of likely N-dealkylation sites (tertiary alicyclic amines) is 2. The van der Waals surface area contributed by atoms with Gasteiger partial charge in [-0.05, 0) is 58.0 Å². The van der Waals surface area contributed by atoms with Crippen molar-refractivity contribution in [3.05, 3.63) is 46.5 Å². The zero-order valence-corrected chi connectivity index (χ0v) is 16.6. The van der Waals surface area contributed by atoms with Gasteiger partial charge < -0.3 is 14.8 Å². The topological polar surface area (TPSA) is 44.3 Å². The maximum Gasteiger partial charge on any atom is 0.416 e. The molecular weight excluding hydrogens is 381 g/mol. The van der Waals surface area contributed by atoms with Crippen LogP contribution >= 0.6 is 0 Å². The minimum Gasteiger partial charge on any atom is -0.306 e. The third-order valence-electron chi connectivity index (χ3n) is 6.34. The molecule has 29 heavy (non-hydrogen) atoms. The summed E-state index contributed by atoms with van der Waals surface area (Å²) >= 11 is 0. The number of H-pyrrole nitrogens is 1. The minimum absolute atomic E-state index is 0.0841. The lowest BCUT2D eigenvalue weighted by atomic mass is 9.98. The molecule has 1 aromatic carbocycles. The number of nitrogens with zero attached hydrogens (tertiary/aromatic N) is 3. The fourth-order valence-corrected chi connectivity index (χ4v) is 4.58. The van der Waals surface area contributed by atoms with Gasteiger partial charge in [-0.3, -0.25) is 4.57 Å². The summed E-state index contributed by atoms with van der Waals surface area (Å²) in [5.74, 6) is 0. The third-order valence-corrected chi connectivity index (χ3v) is 6.34. The molecule has 0 unspecified atom stereocenters. The number of nitrogens with one attached hydrogen (secondary N) is 1. The quantitative estimate of drug-likeness (QED) is 0.844. The summed E-state index contributed by atoms with van der Waals surface area (Å²) in [5, 5.41) is 0. The van der Waals surface area contributed by atoms with Crippen LogP contribution in [0.15, 0.2) is 35.3 Å². The molecule has 2 aromatic rings. The average molecular weight is 408 g/mol. The highest BCUT2D eigenvalue weighted by atomic mass is 19.4. The van der Waals surface area contributed by atoms with E-state index in [1.165, 1.54) is 18.9 Å². The number of hydrogen-bond donors (Lipinski definition) is 1. The van der Waals surface area contributed by atoms with Gasteiger partial charge >= 0.3 is 11.9 Å². The molecule has 3 heterocycles. The maximum atomic E-state index is 13.0. The first-order valence-corrected chi connectivity index (χ1v) is 10.2. The largest absolute Gasteiger partial charge is 0.416 e. The molecule has 0 aliphatic carbocycles. The van der Waals surface area contributed by atoms with Gasteiger partial charge in [0.15, 0.2) is 0 Å². The normalized spacial score (nSPS) is 21.0. The number of aromatic nitrogens is 2. The van der Waals surface area contributed by atoms with E-state index < -0.39 is 11.7 Å². The third kappa shape index (κ3) is 4.43. The molecule has 5 nitrogen and oxygen atoms in total. The first kappa shape index (κ1) is 20.2. The molecule has 0 saturated carbocycles. The smallest absolute Gasteiger partial charge is 0.306 e. The number of piperidine rings is 2. The van der Waals surface area contributed by atoms with E-state index in [0.717, 1.165) is 51.2 Å². The van der Waals surface area contributed by atoms with Crippen LogP contribution in [0.4, 0.5) is 13.2 Å². The van der Waals surface area contributed by atoms with Crippen LogP contribution in [0.5, 0.6) is 0 Å². The number of alkyl halides is 3. The van der Waals surface area contributed by atoms with Gasteiger partial charge in [-0.15, -0.1) is 0 Å². The summed E-state index contributed by atoms with van der Waals surface area (Å²) < 4.78 is 40.6. The lowest BCUT2D eigenvalue weighted by Crippen LogP contribution is -2.47. The van der Waals surface area contributed by atoms with E-state index in [4.69, 9.17) is 0 Å². The van der Waals surface area contributed by atoms with Crippen LogP contribution in [0.25, 0.3) is 11.3 Å². The van der Waals surface area contributed by atoms with E-state index >= 15 is 0 Å². The number of benzene rings is 1. The van der Waals surface area contributed by atoms with Crippen molar-refractivity contribution in [1.82, 2.24) is 19.4 Å². The second-order valence-corrected chi connectivity index (χ2v) is 8.26. The SMILES string of the molecule is CN1CCC(N2CCC(n3cc(-c4cccc(C(F)(F)F)c4)[nH]c3=O)CC2)CC1. The number of hydrogen-bond acceptors (Lipinski definition) is 3. The van der Waals surface area contributed by atoms with Crippen molar-refractivity contribution in [3.63, 3.8) is 0 Å². The van der Waals surface area contributed by atoms with Gasteiger partial charge in [0, 0.05) is 36.9 Å². The highest BCUT2D eigenvalue weighted by Gasteiger charge is 2.31. The molecule has 4 rings (SSSR count). The highest BCUT2D eigenvalue weighted by molar-refractivity contribution is 5.59. The predicted octanol–water partition coefficient (Wildman–Crippen LogP) is 3.59. The Kier molecular flexibility index (Phi) is 5.57. The lowest BCUT2D eigenvalue weighted by Gasteiger charge is -2.41. The second kappa shape index (κ2) is 7.99. The standard InChI is InChI=1S/C21H27F3N4O/c1-26-9-5-17(6-10-26)27-11-7-18(8-12-27)28-14-19(25-20(28)29)15-3-2-4-16(13-15)21(22,23)24/h2-4,13-14,17-18H,5-12H2,1H3,(H,25,29). The Labute approximate surface area is 168 Å². The van der Waals surface area contributed by atoms with E-state index in [-0.39, 0.29) is 11.7 Å². The molecule has 0 spiro atoms. The molecule has 1 aromatic heterocycles. The molecule has 0 amide bonds. The van der Waals surface area contributed by atoms with E-state index in [1.807, 2.05) is 0 Å². The van der Waals surface area contributed by atoms with Crippen molar-refractivity contribution in [2.75, 3.05) is 33.2 Å². The molecule has 1 N–H and O–H groups in total. The minimum atomic E-state index is -4.40. The Bertz CT molecular complexity index is 888. The molecule has 8 heteroatoms. The van der Waals surface area contributed by atoms with Crippen LogP contribution < -0.4 is 5.69 Å². The van der Waals surface area contributed by atoms with Crippen molar-refractivity contribution in [3.8, 4) is 11.3 Å². The van der Waals surface area contributed by atoms with Gasteiger partial charge in [0.05, 0.1) is 11.3 Å². The lowest BCUT2D eigenvalue weighted by molar-refractivity contribution is -0.137. The van der Waals surface area contributed by atoms with Crippen molar-refractivity contribution >= 4 is 0 Å². The van der Waals surface area contributed by atoms with Crippen LogP contribution in [0.2, 0.25) is 0 Å². The van der Waals surface area contributed by atoms with Crippen molar-refractivity contribution in [1.29, 1.82) is 0 Å². The summed E-state index contributed by atoms with van der Waals surface area (Å²) in [6.07, 6.45) is 1.40. The Balaban J connectivity index is 1.45. The van der Waals surface area contributed by atoms with E-state index in [2.05, 4.69) is 21.8 Å². The van der Waals surface area contributed by atoms with Crippen molar-refractivity contribution < 1.29 is 13.2 Å². The first-order valence-electron chi connectivity index (χ1n) is 10.2. The van der Waals surface area contributed by atoms with E-state index in [9.17, 15) is 18.0 Å². The number of halogens is 3. The van der Waals surface area contributed by atoms with Gasteiger partial charge in [-0.1, -0.05) is 12.1 Å². The number of rotatable bonds is 3. The van der Waals surface area contributed by atoms with Crippen LogP contribution in [0.1, 0.15) is 37.3 Å². The molecule has 158 valence electrons. The molecule has 0 radical (unpaired) electrons. The Morgan fingerprint density at radius 3 is 2.31 bits per heavy atom. The summed E-state index contributed by atoms with van der Waals surface area (Å²) in [6.45, 7) is 4.16. The highest BCUT2D eigenvalue weighted by Crippen LogP contribution is 2.32. The fraction of sp³-hybridized carbons (Fsp3) is 0.571. The van der Waals surface area contributed by atoms with Crippen LogP contribution in [-0.2, 0) is 6.18 Å². The summed E-state index contributed by atoms with van der Waals surface area (Å²) in [7, 11) is 2.16. The molecule has 0 bridgehead atoms. The van der Waals surface area contributed by atoms with Gasteiger partial charge in [0.25, 0.3) is 0 Å². The maximum absolute atomic E-state index is 13.0. The predicted molar refractivity (Wildman–Crippen MR) is 106 cm³/mol. The number of aromatic amines is 1. The molecule has 0 atom stereocenters. The van der Waals surface area contributed by atoms with E-state index in [0.29, 0.717) is 17.3 Å². The zero-order valence-electron chi connectivity index (χ0n) is 16.6. The Morgan fingerprint density at radius 2 is 1.66 bits per heavy atom. The molecular formula is C21H27F3N4O. The van der Waals surface area contributed by atoms with Crippen LogP contribution in [-0.4, -0.2) is 58.6 Å². The van der Waals surface area contributed by atoms with Gasteiger partial charge in [0.2, 0.25) is 0 Å². The monoisotopic (exact) mass is 408 g/mol. The van der Waals surface area contributed by atoms with Crippen molar-refractivity contribution in [2.24, 2.45) is 0 Å². The van der Waals surface area contributed by atoms with Gasteiger partial charge in [0.1, 0.15) is 0 Å². The summed E-state index contributed by atoms with van der Waals surface area (Å²) in [5.41, 5.74) is -0.163. The van der Waals surface area contributed by atoms with E-state index in [1.54, 1.807) is 16.8 Å². The average Bonchev–Trinajstić information content (AvgIpc) is 3.10. The van der Waals surface area contributed by atoms with Crippen LogP contribution in [0.3, 0.4) is 0 Å². The number of imidazole rings is 1. The molecule has 2 aliphatic heterocycles. The zero-order chi connectivity index (χ0) is 20.6.